The first-order valence-corrected chi connectivity index (χ1v) is 11.5. The average Bonchev–Trinajstić information content (AvgIpc) is 2.87. The van der Waals surface area contributed by atoms with Gasteiger partial charge in [-0.25, -0.2) is 9.97 Å². The molecule has 5 rings (SSSR count). The maximum atomic E-state index is 12.7. The lowest BCUT2D eigenvalue weighted by Gasteiger charge is -2.32. The van der Waals surface area contributed by atoms with Gasteiger partial charge in [0.15, 0.2) is 11.2 Å². The van der Waals surface area contributed by atoms with Gasteiger partial charge < -0.3 is 19.7 Å². The molecule has 9 heteroatoms. The highest BCUT2D eigenvalue weighted by Crippen LogP contribution is 2.20. The van der Waals surface area contributed by atoms with Crippen LogP contribution in [0.3, 0.4) is 0 Å². The highest BCUT2D eigenvalue weighted by atomic mass is 16.5. The van der Waals surface area contributed by atoms with Crippen molar-refractivity contribution in [3.05, 3.63) is 58.4 Å². The second kappa shape index (κ2) is 9.64. The van der Waals surface area contributed by atoms with E-state index in [-0.39, 0.29) is 17.1 Å². The van der Waals surface area contributed by atoms with Gasteiger partial charge in [0.2, 0.25) is 5.95 Å². The van der Waals surface area contributed by atoms with Gasteiger partial charge in [0.1, 0.15) is 11.5 Å². The number of rotatable bonds is 7. The third kappa shape index (κ3) is 4.79. The van der Waals surface area contributed by atoms with Gasteiger partial charge in [-0.3, -0.25) is 9.78 Å². The number of benzene rings is 2. The number of aromatic amines is 1. The third-order valence-corrected chi connectivity index (χ3v) is 6.32. The molecule has 1 aliphatic rings. The molecule has 1 aliphatic heterocycles. The second-order valence-electron chi connectivity index (χ2n) is 8.52. The fraction of sp³-hybridized carbons (Fsp3) is 0.360. The number of aromatic nitrogens is 4. The quantitative estimate of drug-likeness (QED) is 0.406. The van der Waals surface area contributed by atoms with Crippen molar-refractivity contribution in [3.8, 4) is 11.5 Å². The molecule has 9 nitrogen and oxygen atoms in total. The van der Waals surface area contributed by atoms with E-state index < -0.39 is 0 Å². The minimum Gasteiger partial charge on any atom is -0.497 e. The van der Waals surface area contributed by atoms with E-state index in [0.29, 0.717) is 28.4 Å². The largest absolute Gasteiger partial charge is 0.497 e. The van der Waals surface area contributed by atoms with E-state index in [4.69, 9.17) is 9.47 Å². The summed E-state index contributed by atoms with van der Waals surface area (Å²) in [5.74, 6) is 1.99. The van der Waals surface area contributed by atoms with E-state index in [1.807, 2.05) is 24.3 Å². The van der Waals surface area contributed by atoms with E-state index in [2.05, 4.69) is 42.3 Å². The Morgan fingerprint density at radius 3 is 2.44 bits per heavy atom. The molecule has 0 amide bonds. The number of ether oxygens (including phenoxy) is 2. The van der Waals surface area contributed by atoms with Crippen molar-refractivity contribution < 1.29 is 9.47 Å². The van der Waals surface area contributed by atoms with Crippen LogP contribution in [0, 0.1) is 0 Å². The van der Waals surface area contributed by atoms with E-state index in [0.717, 1.165) is 44.6 Å². The number of piperidine rings is 1. The third-order valence-electron chi connectivity index (χ3n) is 6.32. The zero-order valence-electron chi connectivity index (χ0n) is 19.4. The summed E-state index contributed by atoms with van der Waals surface area (Å²) in [6, 6.07) is 13.9. The van der Waals surface area contributed by atoms with Gasteiger partial charge in [-0.1, -0.05) is 12.1 Å². The number of fused-ring (bicyclic) bond motifs is 2. The highest BCUT2D eigenvalue weighted by molar-refractivity contribution is 5.85. The maximum Gasteiger partial charge on any atom is 0.280 e. The molecule has 0 saturated carbocycles. The van der Waals surface area contributed by atoms with E-state index in [1.54, 1.807) is 20.3 Å². The van der Waals surface area contributed by atoms with Crippen LogP contribution in [0.2, 0.25) is 0 Å². The lowest BCUT2D eigenvalue weighted by molar-refractivity contribution is 0.221. The fourth-order valence-electron chi connectivity index (χ4n) is 4.32. The highest BCUT2D eigenvalue weighted by Gasteiger charge is 2.20. The van der Waals surface area contributed by atoms with Gasteiger partial charge in [-0.2, -0.15) is 4.98 Å². The molecule has 0 aliphatic carbocycles. The predicted octanol–water partition coefficient (Wildman–Crippen LogP) is 3.00. The molecular formula is C25H28N6O3. The van der Waals surface area contributed by atoms with Crippen molar-refractivity contribution in [1.82, 2.24) is 24.8 Å². The summed E-state index contributed by atoms with van der Waals surface area (Å²) in [6.45, 7) is 3.02. The number of nitrogens with one attached hydrogen (secondary N) is 2. The first-order chi connectivity index (χ1) is 16.6. The van der Waals surface area contributed by atoms with E-state index in [9.17, 15) is 4.79 Å². The van der Waals surface area contributed by atoms with Crippen molar-refractivity contribution in [2.45, 2.75) is 25.3 Å². The van der Waals surface area contributed by atoms with Crippen molar-refractivity contribution in [3.63, 3.8) is 0 Å². The number of hydrogen-bond acceptors (Lipinski definition) is 8. The molecule has 0 unspecified atom stereocenters. The van der Waals surface area contributed by atoms with Crippen LogP contribution < -0.4 is 20.3 Å². The minimum absolute atomic E-state index is 0.222. The summed E-state index contributed by atoms with van der Waals surface area (Å²) in [5.41, 5.74) is 2.83. The second-order valence-corrected chi connectivity index (χ2v) is 8.52. The Morgan fingerprint density at radius 1 is 0.971 bits per heavy atom. The number of methoxy groups -OCH3 is 2. The molecule has 0 radical (unpaired) electrons. The molecule has 2 N–H and O–H groups in total. The summed E-state index contributed by atoms with van der Waals surface area (Å²) in [6.07, 6.45) is 2.97. The van der Waals surface area contributed by atoms with Crippen LogP contribution in [0.5, 0.6) is 11.5 Å². The Kier molecular flexibility index (Phi) is 6.27. The standard InChI is InChI=1S/C25H28N6O3/c1-33-18-5-3-16(4-6-18)9-12-31-13-10-17(11-14-31)26-25-29-23-22(24(32)30-25)27-21-15-19(34-2)7-8-20(21)28-23/h3-8,15,17H,9-14H2,1-2H3,(H2,26,28,29,30,32). The van der Waals surface area contributed by atoms with Crippen molar-refractivity contribution >= 4 is 28.1 Å². The number of nitrogens with zero attached hydrogens (tertiary/aromatic N) is 4. The lowest BCUT2D eigenvalue weighted by Crippen LogP contribution is -2.40. The number of hydrogen-bond donors (Lipinski definition) is 2. The zero-order chi connectivity index (χ0) is 23.5. The zero-order valence-corrected chi connectivity index (χ0v) is 19.4. The Balaban J connectivity index is 1.21. The molecule has 176 valence electrons. The van der Waals surface area contributed by atoms with Gasteiger partial charge >= 0.3 is 0 Å². The van der Waals surface area contributed by atoms with Gasteiger partial charge in [-0.15, -0.1) is 0 Å². The van der Waals surface area contributed by atoms with Crippen molar-refractivity contribution in [1.29, 1.82) is 0 Å². The molecular weight excluding hydrogens is 432 g/mol. The average molecular weight is 461 g/mol. The molecule has 2 aromatic carbocycles. The van der Waals surface area contributed by atoms with Gasteiger partial charge in [-0.05, 0) is 49.1 Å². The first kappa shape index (κ1) is 22.1. The van der Waals surface area contributed by atoms with Gasteiger partial charge in [0.05, 0.1) is 25.3 Å². The van der Waals surface area contributed by atoms with Crippen LogP contribution in [0.15, 0.2) is 47.3 Å². The van der Waals surface area contributed by atoms with Gasteiger partial charge in [0.25, 0.3) is 5.56 Å². The molecule has 2 aromatic heterocycles. The number of likely N-dealkylation sites (tertiary alicyclic amines) is 1. The Hall–Kier alpha value is -3.72. The molecule has 0 bridgehead atoms. The lowest BCUT2D eigenvalue weighted by atomic mass is 10.0. The molecule has 0 spiro atoms. The predicted molar refractivity (Wildman–Crippen MR) is 132 cm³/mol. The summed E-state index contributed by atoms with van der Waals surface area (Å²) in [5, 5.41) is 3.39. The Bertz CT molecular complexity index is 1350. The topological polar surface area (TPSA) is 105 Å². The smallest absolute Gasteiger partial charge is 0.280 e. The molecule has 3 heterocycles. The van der Waals surface area contributed by atoms with E-state index >= 15 is 0 Å². The minimum atomic E-state index is -0.304. The SMILES string of the molecule is COc1ccc(CCN2CCC(Nc3nc4nc5ccc(OC)cc5nc4c(=O)[nH]3)CC2)cc1. The molecule has 34 heavy (non-hydrogen) atoms. The molecule has 4 aromatic rings. The van der Waals surface area contributed by atoms with Crippen LogP contribution in [-0.4, -0.2) is 64.7 Å². The fourth-order valence-corrected chi connectivity index (χ4v) is 4.32. The van der Waals surface area contributed by atoms with Crippen LogP contribution in [0.25, 0.3) is 22.2 Å². The van der Waals surface area contributed by atoms with Crippen LogP contribution in [0.4, 0.5) is 5.95 Å². The molecule has 0 atom stereocenters. The van der Waals surface area contributed by atoms with Crippen molar-refractivity contribution in [2.75, 3.05) is 39.2 Å². The Morgan fingerprint density at radius 2 is 1.71 bits per heavy atom. The van der Waals surface area contributed by atoms with Crippen LogP contribution >= 0.6 is 0 Å². The summed E-state index contributed by atoms with van der Waals surface area (Å²) in [4.78, 5) is 31.5. The summed E-state index contributed by atoms with van der Waals surface area (Å²) in [7, 11) is 3.27. The summed E-state index contributed by atoms with van der Waals surface area (Å²) < 4.78 is 10.5. The number of anilines is 1. The molecule has 1 fully saturated rings. The monoisotopic (exact) mass is 460 g/mol. The van der Waals surface area contributed by atoms with Crippen LogP contribution in [-0.2, 0) is 6.42 Å². The van der Waals surface area contributed by atoms with Gasteiger partial charge in [0, 0.05) is 31.7 Å². The summed E-state index contributed by atoms with van der Waals surface area (Å²) >= 11 is 0. The van der Waals surface area contributed by atoms with Crippen LogP contribution in [0.1, 0.15) is 18.4 Å². The normalized spacial score (nSPS) is 15.0. The molecule has 1 saturated heterocycles. The number of H-pyrrole nitrogens is 1. The Labute approximate surface area is 197 Å². The van der Waals surface area contributed by atoms with Crippen molar-refractivity contribution in [2.24, 2.45) is 0 Å². The van der Waals surface area contributed by atoms with E-state index in [1.165, 1.54) is 5.56 Å². The maximum absolute atomic E-state index is 12.7. The first-order valence-electron chi connectivity index (χ1n) is 11.5.